The van der Waals surface area contributed by atoms with Crippen LogP contribution in [0.15, 0.2) is 71.9 Å². The average Bonchev–Trinajstić information content (AvgIpc) is 3.25. The lowest BCUT2D eigenvalue weighted by Gasteiger charge is -2.20. The molecule has 0 unspecified atom stereocenters. The largest absolute Gasteiger partial charge is 0.279 e. The minimum absolute atomic E-state index is 0.208. The smallest absolute Gasteiger partial charge is 0.260 e. The number of amides is 1. The highest BCUT2D eigenvalue weighted by molar-refractivity contribution is 7.92. The first-order chi connectivity index (χ1) is 15.8. The molecule has 8 heteroatoms. The van der Waals surface area contributed by atoms with Crippen LogP contribution in [-0.2, 0) is 22.8 Å². The predicted octanol–water partition coefficient (Wildman–Crippen LogP) is 5.28. The molecule has 4 rings (SSSR count). The number of carbonyl (C=O) groups excluding carboxylic acids is 1. The van der Waals surface area contributed by atoms with Crippen LogP contribution in [0.2, 0.25) is 0 Å². The topological polar surface area (TPSA) is 80.2 Å². The maximum absolute atomic E-state index is 13.6. The number of hydrogen-bond acceptors (Lipinski definition) is 6. The zero-order valence-electron chi connectivity index (χ0n) is 18.7. The van der Waals surface area contributed by atoms with Gasteiger partial charge in [0.2, 0.25) is 0 Å². The number of fused-ring (bicyclic) bond motifs is 1. The van der Waals surface area contributed by atoms with E-state index in [2.05, 4.69) is 18.0 Å². The number of anilines is 1. The molecule has 0 saturated carbocycles. The maximum Gasteiger partial charge on any atom is 0.260 e. The van der Waals surface area contributed by atoms with Gasteiger partial charge < -0.3 is 0 Å². The number of pyridine rings is 1. The minimum Gasteiger partial charge on any atom is -0.279 e. The zero-order valence-corrected chi connectivity index (χ0v) is 20.4. The zero-order chi connectivity index (χ0) is 23.6. The van der Waals surface area contributed by atoms with Crippen molar-refractivity contribution in [2.75, 3.05) is 4.90 Å². The summed E-state index contributed by atoms with van der Waals surface area (Å²) >= 11 is 1.47. The molecule has 0 bridgehead atoms. The number of thiazole rings is 1. The van der Waals surface area contributed by atoms with Crippen LogP contribution in [0.3, 0.4) is 0 Å². The molecule has 1 amide bonds. The fraction of sp³-hybridized carbons (Fsp3) is 0.240. The summed E-state index contributed by atoms with van der Waals surface area (Å²) in [4.78, 5) is 24.3. The van der Waals surface area contributed by atoms with Gasteiger partial charge in [-0.2, -0.15) is 0 Å². The number of carbonyl (C=O) groups is 1. The van der Waals surface area contributed by atoms with Crippen LogP contribution < -0.4 is 4.90 Å². The van der Waals surface area contributed by atoms with Crippen molar-refractivity contribution in [2.45, 2.75) is 43.9 Å². The second-order valence-electron chi connectivity index (χ2n) is 8.02. The Hall–Kier alpha value is -3.10. The highest BCUT2D eigenvalue weighted by Gasteiger charge is 2.24. The van der Waals surface area contributed by atoms with Crippen LogP contribution in [-0.4, -0.2) is 29.5 Å². The van der Waals surface area contributed by atoms with Crippen molar-refractivity contribution in [3.05, 3.63) is 83.7 Å². The second kappa shape index (κ2) is 9.41. The molecule has 0 aliphatic carbocycles. The number of rotatable bonds is 7. The second-order valence-corrected chi connectivity index (χ2v) is 11.5. The van der Waals surface area contributed by atoms with Crippen molar-refractivity contribution in [1.82, 2.24) is 9.97 Å². The van der Waals surface area contributed by atoms with Crippen LogP contribution >= 0.6 is 11.3 Å². The summed E-state index contributed by atoms with van der Waals surface area (Å²) in [5.41, 5.74) is 3.33. The first kappa shape index (κ1) is 23.1. The Balaban J connectivity index is 1.72. The summed E-state index contributed by atoms with van der Waals surface area (Å²) in [7, 11) is -3.41. The van der Waals surface area contributed by atoms with Gasteiger partial charge in [-0.1, -0.05) is 30.4 Å². The normalized spacial score (nSPS) is 11.8. The van der Waals surface area contributed by atoms with E-state index >= 15 is 0 Å². The number of aryl methyl sites for hydroxylation is 1. The van der Waals surface area contributed by atoms with Gasteiger partial charge in [-0.15, -0.1) is 0 Å². The van der Waals surface area contributed by atoms with Crippen LogP contribution in [0.1, 0.15) is 42.3 Å². The summed E-state index contributed by atoms with van der Waals surface area (Å²) in [6, 6.07) is 16.0. The summed E-state index contributed by atoms with van der Waals surface area (Å²) < 4.78 is 25.9. The molecule has 0 fully saturated rings. The van der Waals surface area contributed by atoms with Crippen molar-refractivity contribution in [2.24, 2.45) is 0 Å². The van der Waals surface area contributed by atoms with E-state index in [0.717, 1.165) is 22.2 Å². The lowest BCUT2D eigenvalue weighted by Crippen LogP contribution is -2.30. The van der Waals surface area contributed by atoms with Gasteiger partial charge >= 0.3 is 0 Å². The number of hydrogen-bond donors (Lipinski definition) is 0. The van der Waals surface area contributed by atoms with Gasteiger partial charge in [0.25, 0.3) is 5.91 Å². The maximum atomic E-state index is 13.6. The Bertz CT molecular complexity index is 1380. The summed E-state index contributed by atoms with van der Waals surface area (Å²) in [6.45, 7) is 5.69. The molecule has 0 aliphatic rings. The van der Waals surface area contributed by atoms with Crippen LogP contribution in [0.5, 0.6) is 0 Å². The van der Waals surface area contributed by atoms with Gasteiger partial charge in [-0.25, -0.2) is 13.4 Å². The number of benzene rings is 2. The Labute approximate surface area is 197 Å². The summed E-state index contributed by atoms with van der Waals surface area (Å²) in [5.74, 6) is -0.248. The van der Waals surface area contributed by atoms with E-state index < -0.39 is 15.1 Å². The van der Waals surface area contributed by atoms with Gasteiger partial charge in [0.1, 0.15) is 0 Å². The first-order valence-electron chi connectivity index (χ1n) is 10.7. The van der Waals surface area contributed by atoms with E-state index in [-0.39, 0.29) is 10.8 Å². The first-order valence-corrected chi connectivity index (χ1v) is 13.1. The molecule has 0 N–H and O–H groups in total. The van der Waals surface area contributed by atoms with E-state index in [1.54, 1.807) is 43.3 Å². The lowest BCUT2D eigenvalue weighted by atomic mass is 10.2. The van der Waals surface area contributed by atoms with Gasteiger partial charge in [0, 0.05) is 18.0 Å². The Morgan fingerprint density at radius 1 is 1.06 bits per heavy atom. The van der Waals surface area contributed by atoms with E-state index in [9.17, 15) is 13.2 Å². The molecule has 4 aromatic rings. The number of nitrogens with zero attached hydrogens (tertiary/aromatic N) is 3. The lowest BCUT2D eigenvalue weighted by molar-refractivity contribution is 0.0985. The fourth-order valence-electron chi connectivity index (χ4n) is 3.41. The van der Waals surface area contributed by atoms with E-state index in [4.69, 9.17) is 4.98 Å². The highest BCUT2D eigenvalue weighted by atomic mass is 32.2. The molecule has 170 valence electrons. The van der Waals surface area contributed by atoms with E-state index in [1.165, 1.54) is 29.0 Å². The molecule has 2 aromatic carbocycles. The van der Waals surface area contributed by atoms with Gasteiger partial charge in [0.05, 0.1) is 26.9 Å². The summed E-state index contributed by atoms with van der Waals surface area (Å²) in [5, 5.41) is 0.0582. The third-order valence-electron chi connectivity index (χ3n) is 5.44. The third-order valence-corrected chi connectivity index (χ3v) is 8.65. The van der Waals surface area contributed by atoms with Crippen molar-refractivity contribution in [3.8, 4) is 0 Å². The molecular weight excluding hydrogens is 454 g/mol. The molecule has 0 atom stereocenters. The standard InChI is InChI=1S/C25H25N3O3S2/c1-4-18-7-12-22-23(14-18)32-25(27-22)28(16-19-6-5-13-26-15-19)24(29)20-8-10-21(11-9-20)33(30,31)17(2)3/h5-15,17H,4,16H2,1-3H3. The summed E-state index contributed by atoms with van der Waals surface area (Å²) in [6.07, 6.45) is 4.34. The van der Waals surface area contributed by atoms with Crippen molar-refractivity contribution < 1.29 is 13.2 Å². The molecule has 2 heterocycles. The van der Waals surface area contributed by atoms with Gasteiger partial charge in [-0.3, -0.25) is 14.7 Å². The average molecular weight is 480 g/mol. The Morgan fingerprint density at radius 3 is 2.45 bits per heavy atom. The fourth-order valence-corrected chi connectivity index (χ4v) is 5.49. The SMILES string of the molecule is CCc1ccc2nc(N(Cc3cccnc3)C(=O)c3ccc(S(=O)(=O)C(C)C)cc3)sc2c1. The molecule has 0 radical (unpaired) electrons. The predicted molar refractivity (Wildman–Crippen MR) is 133 cm³/mol. The minimum atomic E-state index is -3.41. The third kappa shape index (κ3) is 4.82. The molecule has 0 aliphatic heterocycles. The number of sulfone groups is 1. The van der Waals surface area contributed by atoms with Crippen molar-refractivity contribution in [3.63, 3.8) is 0 Å². The van der Waals surface area contributed by atoms with Gasteiger partial charge in [0.15, 0.2) is 15.0 Å². The molecular formula is C25H25N3O3S2. The van der Waals surface area contributed by atoms with Crippen molar-refractivity contribution >= 4 is 42.4 Å². The molecule has 33 heavy (non-hydrogen) atoms. The van der Waals surface area contributed by atoms with E-state index in [0.29, 0.717) is 17.2 Å². The van der Waals surface area contributed by atoms with Crippen LogP contribution in [0.25, 0.3) is 10.2 Å². The van der Waals surface area contributed by atoms with Crippen LogP contribution in [0, 0.1) is 0 Å². The Morgan fingerprint density at radius 2 is 1.82 bits per heavy atom. The monoisotopic (exact) mass is 479 g/mol. The Kier molecular flexibility index (Phi) is 6.58. The van der Waals surface area contributed by atoms with Crippen LogP contribution in [0.4, 0.5) is 5.13 Å². The quantitative estimate of drug-likeness (QED) is 0.360. The number of aromatic nitrogens is 2. The molecule has 0 saturated heterocycles. The highest BCUT2D eigenvalue weighted by Crippen LogP contribution is 2.32. The molecule has 6 nitrogen and oxygen atoms in total. The van der Waals surface area contributed by atoms with Gasteiger partial charge in [-0.05, 0) is 73.9 Å². The molecule has 2 aromatic heterocycles. The van der Waals surface area contributed by atoms with E-state index in [1.807, 2.05) is 24.3 Å². The van der Waals surface area contributed by atoms with Crippen molar-refractivity contribution in [1.29, 1.82) is 0 Å². The molecule has 0 spiro atoms.